The van der Waals surface area contributed by atoms with Crippen molar-refractivity contribution in [3.05, 3.63) is 91.0 Å². The van der Waals surface area contributed by atoms with Crippen LogP contribution in [0.1, 0.15) is 39.5 Å². The summed E-state index contributed by atoms with van der Waals surface area (Å²) in [4.78, 5) is 5.31. The van der Waals surface area contributed by atoms with Crippen molar-refractivity contribution in [3.63, 3.8) is 0 Å². The van der Waals surface area contributed by atoms with Crippen LogP contribution in [-0.4, -0.2) is 47.8 Å². The SMILES string of the molecule is CNC(=S)N/N=C(/C)C(C)=NCC(=S)NCCCCCC[P+](c1ccccc1)(c1ccccc1)c1ccccc1. The third-order valence-corrected chi connectivity index (χ3v) is 12.0. The zero-order valence-corrected chi connectivity index (χ0v) is 26.3. The maximum Gasteiger partial charge on any atom is 0.186 e. The Hall–Kier alpha value is -2.99. The molecule has 0 aromatic heterocycles. The van der Waals surface area contributed by atoms with E-state index in [9.17, 15) is 0 Å². The number of rotatable bonds is 14. The van der Waals surface area contributed by atoms with Crippen molar-refractivity contribution >= 4 is 69.1 Å². The van der Waals surface area contributed by atoms with Crippen molar-refractivity contribution in [2.45, 2.75) is 39.5 Å². The fraction of sp³-hybridized carbons (Fsp3) is 0.312. The number of hydrazone groups is 1. The third-order valence-electron chi connectivity index (χ3n) is 6.87. The number of nitrogens with zero attached hydrogens (tertiary/aromatic N) is 2. The van der Waals surface area contributed by atoms with E-state index in [1.165, 1.54) is 41.3 Å². The lowest BCUT2D eigenvalue weighted by molar-refractivity contribution is 0.656. The Kier molecular flexibility index (Phi) is 13.4. The van der Waals surface area contributed by atoms with Crippen molar-refractivity contribution in [1.29, 1.82) is 0 Å². The van der Waals surface area contributed by atoms with Gasteiger partial charge in [0.1, 0.15) is 23.2 Å². The van der Waals surface area contributed by atoms with Crippen LogP contribution in [0.5, 0.6) is 0 Å². The van der Waals surface area contributed by atoms with Gasteiger partial charge in [-0.2, -0.15) is 5.10 Å². The Morgan fingerprint density at radius 1 is 0.700 bits per heavy atom. The molecule has 40 heavy (non-hydrogen) atoms. The summed E-state index contributed by atoms with van der Waals surface area (Å²) in [6.07, 6.45) is 5.79. The van der Waals surface area contributed by atoms with E-state index < -0.39 is 7.26 Å². The Labute approximate surface area is 251 Å². The second kappa shape index (κ2) is 17.0. The van der Waals surface area contributed by atoms with Gasteiger partial charge in [-0.15, -0.1) is 0 Å². The molecular weight excluding hydrogens is 549 g/mol. The normalized spacial score (nSPS) is 12.1. The second-order valence-electron chi connectivity index (χ2n) is 9.59. The number of hydrogen-bond donors (Lipinski definition) is 3. The van der Waals surface area contributed by atoms with Crippen molar-refractivity contribution < 1.29 is 0 Å². The summed E-state index contributed by atoms with van der Waals surface area (Å²) >= 11 is 10.5. The minimum atomic E-state index is -1.74. The van der Waals surface area contributed by atoms with Crippen LogP contribution in [-0.2, 0) is 0 Å². The van der Waals surface area contributed by atoms with E-state index in [-0.39, 0.29) is 0 Å². The molecule has 0 saturated carbocycles. The van der Waals surface area contributed by atoms with Gasteiger partial charge in [0.2, 0.25) is 0 Å². The average molecular weight is 591 g/mol. The van der Waals surface area contributed by atoms with Gasteiger partial charge < -0.3 is 10.6 Å². The third kappa shape index (κ3) is 9.29. The molecule has 8 heteroatoms. The van der Waals surface area contributed by atoms with Crippen molar-refractivity contribution in [2.75, 3.05) is 26.3 Å². The van der Waals surface area contributed by atoms with Gasteiger partial charge in [-0.05, 0) is 81.7 Å². The van der Waals surface area contributed by atoms with E-state index in [2.05, 4.69) is 117 Å². The number of nitrogens with one attached hydrogen (secondary N) is 3. The predicted octanol–water partition coefficient (Wildman–Crippen LogP) is 5.39. The lowest BCUT2D eigenvalue weighted by Crippen LogP contribution is -2.33. The van der Waals surface area contributed by atoms with Crippen LogP contribution in [0.4, 0.5) is 0 Å². The summed E-state index contributed by atoms with van der Waals surface area (Å²) in [5.74, 6) is 0. The number of aliphatic imine (C=N–C) groups is 1. The van der Waals surface area contributed by atoms with Crippen LogP contribution in [0.15, 0.2) is 101 Å². The van der Waals surface area contributed by atoms with Gasteiger partial charge in [-0.1, -0.05) is 73.2 Å². The molecule has 3 aromatic carbocycles. The first-order valence-electron chi connectivity index (χ1n) is 13.8. The van der Waals surface area contributed by atoms with Crippen LogP contribution in [0, 0.1) is 0 Å². The van der Waals surface area contributed by atoms with Crippen molar-refractivity contribution in [1.82, 2.24) is 16.1 Å². The van der Waals surface area contributed by atoms with Crippen LogP contribution >= 0.6 is 31.7 Å². The highest BCUT2D eigenvalue weighted by molar-refractivity contribution is 7.95. The largest absolute Gasteiger partial charge is 0.378 e. The van der Waals surface area contributed by atoms with Crippen LogP contribution in [0.3, 0.4) is 0 Å². The first kappa shape index (κ1) is 31.5. The first-order valence-corrected chi connectivity index (χ1v) is 16.6. The maximum atomic E-state index is 5.50. The van der Waals surface area contributed by atoms with E-state index >= 15 is 0 Å². The molecule has 0 bridgehead atoms. The van der Waals surface area contributed by atoms with Gasteiger partial charge in [0.25, 0.3) is 0 Å². The predicted molar refractivity (Wildman–Crippen MR) is 185 cm³/mol. The fourth-order valence-corrected chi connectivity index (χ4v) is 9.19. The Morgan fingerprint density at radius 2 is 1.20 bits per heavy atom. The fourth-order valence-electron chi connectivity index (χ4n) is 4.57. The van der Waals surface area contributed by atoms with E-state index in [4.69, 9.17) is 24.4 Å². The summed E-state index contributed by atoms with van der Waals surface area (Å²) in [7, 11) is 0.0102. The molecule has 5 nitrogen and oxygen atoms in total. The van der Waals surface area contributed by atoms with Crippen LogP contribution in [0.25, 0.3) is 0 Å². The molecule has 0 atom stereocenters. The second-order valence-corrected chi connectivity index (χ2v) is 14.1. The molecule has 0 saturated heterocycles. The summed E-state index contributed by atoms with van der Waals surface area (Å²) < 4.78 is 0. The smallest absolute Gasteiger partial charge is 0.186 e. The Morgan fingerprint density at radius 3 is 1.70 bits per heavy atom. The summed E-state index contributed by atoms with van der Waals surface area (Å²) in [5.41, 5.74) is 4.39. The molecule has 3 aromatic rings. The van der Waals surface area contributed by atoms with E-state index in [1.54, 1.807) is 7.05 Å². The molecule has 0 amide bonds. The van der Waals surface area contributed by atoms with E-state index in [0.29, 0.717) is 11.7 Å². The summed E-state index contributed by atoms with van der Waals surface area (Å²) in [6, 6.07) is 33.4. The Bertz CT molecular complexity index is 1170. The molecule has 0 aliphatic heterocycles. The number of thiocarbonyl (C=S) groups is 2. The number of unbranched alkanes of at least 4 members (excludes halogenated alkanes) is 3. The number of hydrogen-bond acceptors (Lipinski definition) is 4. The molecule has 0 fully saturated rings. The van der Waals surface area contributed by atoms with E-state index in [1.807, 2.05) is 13.8 Å². The highest BCUT2D eigenvalue weighted by atomic mass is 32.1. The lowest BCUT2D eigenvalue weighted by Gasteiger charge is -2.27. The van der Waals surface area contributed by atoms with Gasteiger partial charge in [-0.25, -0.2) is 0 Å². The molecule has 3 rings (SSSR count). The zero-order valence-electron chi connectivity index (χ0n) is 23.8. The average Bonchev–Trinajstić information content (AvgIpc) is 3.01. The first-order chi connectivity index (χ1) is 19.5. The molecule has 0 aliphatic carbocycles. The van der Waals surface area contributed by atoms with Crippen LogP contribution in [0.2, 0.25) is 0 Å². The number of benzene rings is 3. The quantitative estimate of drug-likeness (QED) is 0.0773. The molecule has 0 heterocycles. The molecular formula is C32H41N5PS2+. The minimum Gasteiger partial charge on any atom is -0.378 e. The van der Waals surface area contributed by atoms with Crippen molar-refractivity contribution in [2.24, 2.45) is 10.1 Å². The molecule has 0 unspecified atom stereocenters. The molecule has 0 spiro atoms. The van der Waals surface area contributed by atoms with Gasteiger partial charge in [-0.3, -0.25) is 10.4 Å². The summed E-state index contributed by atoms with van der Waals surface area (Å²) in [6.45, 7) is 5.15. The molecule has 0 radical (unpaired) electrons. The highest BCUT2D eigenvalue weighted by Gasteiger charge is 2.44. The standard InChI is InChI=1S/C32H40N5PS2/c1-26(27(2)36-37-32(40)33-3)35-25-31(39)34-23-15-4-5-16-24-38(28-17-9-6-10-18-28,29-19-11-7-12-20-29)30-21-13-8-14-22-30/h6-14,17-22H,4-5,15-16,23-25H2,1-3H3,(H2-,33,34,35,37,39,40)/p+1. The van der Waals surface area contributed by atoms with Gasteiger partial charge >= 0.3 is 0 Å². The van der Waals surface area contributed by atoms with Gasteiger partial charge in [0, 0.05) is 13.6 Å². The minimum absolute atomic E-state index is 0.461. The van der Waals surface area contributed by atoms with Gasteiger partial charge in [0.05, 0.1) is 29.1 Å². The topological polar surface area (TPSA) is 60.8 Å². The monoisotopic (exact) mass is 590 g/mol. The molecule has 210 valence electrons. The van der Waals surface area contributed by atoms with Crippen LogP contribution < -0.4 is 32.0 Å². The zero-order chi connectivity index (χ0) is 28.6. The lowest BCUT2D eigenvalue weighted by atomic mass is 10.2. The summed E-state index contributed by atoms with van der Waals surface area (Å²) in [5, 5.41) is 15.2. The maximum absolute atomic E-state index is 5.50. The van der Waals surface area contributed by atoms with Crippen molar-refractivity contribution in [3.8, 4) is 0 Å². The van der Waals surface area contributed by atoms with E-state index in [0.717, 1.165) is 29.4 Å². The molecule has 3 N–H and O–H groups in total. The Balaban J connectivity index is 1.53. The highest BCUT2D eigenvalue weighted by Crippen LogP contribution is 2.55. The molecule has 0 aliphatic rings. The van der Waals surface area contributed by atoms with Gasteiger partial charge in [0.15, 0.2) is 5.11 Å².